The number of guanidine groups is 1. The number of aliphatic imine (C=N–C) groups is 1. The van der Waals surface area contributed by atoms with Crippen LogP contribution in [-0.2, 0) is 16.6 Å². The van der Waals surface area contributed by atoms with Gasteiger partial charge in [0.2, 0.25) is 10.0 Å². The van der Waals surface area contributed by atoms with Gasteiger partial charge < -0.3 is 15.0 Å². The number of rotatable bonds is 6. The molecule has 2 aromatic rings. The SMILES string of the molecule is CN=C(NCc1ccc(S(=O)(=O)N(C)C)cc1)N1CCC(Oc2ccccc2)CC1. The Morgan fingerprint density at radius 3 is 2.30 bits per heavy atom. The minimum absolute atomic E-state index is 0.216. The van der Waals surface area contributed by atoms with E-state index >= 15 is 0 Å². The Labute approximate surface area is 179 Å². The van der Waals surface area contributed by atoms with Crippen molar-refractivity contribution in [1.82, 2.24) is 14.5 Å². The van der Waals surface area contributed by atoms with Gasteiger partial charge in [0.15, 0.2) is 5.96 Å². The molecule has 0 amide bonds. The monoisotopic (exact) mass is 430 g/mol. The number of para-hydroxylation sites is 1. The first-order valence-electron chi connectivity index (χ1n) is 10.1. The van der Waals surface area contributed by atoms with E-state index in [1.54, 1.807) is 19.2 Å². The van der Waals surface area contributed by atoms with Crippen LogP contribution in [-0.4, -0.2) is 63.9 Å². The highest BCUT2D eigenvalue weighted by atomic mass is 32.2. The predicted molar refractivity (Wildman–Crippen MR) is 119 cm³/mol. The van der Waals surface area contributed by atoms with Gasteiger partial charge in [-0.2, -0.15) is 0 Å². The van der Waals surface area contributed by atoms with Crippen LogP contribution in [0.2, 0.25) is 0 Å². The van der Waals surface area contributed by atoms with Crippen LogP contribution in [0.15, 0.2) is 64.5 Å². The van der Waals surface area contributed by atoms with E-state index in [9.17, 15) is 8.42 Å². The Balaban J connectivity index is 1.51. The molecule has 3 rings (SSSR count). The lowest BCUT2D eigenvalue weighted by Gasteiger charge is -2.34. The molecule has 30 heavy (non-hydrogen) atoms. The van der Waals surface area contributed by atoms with Gasteiger partial charge in [-0.05, 0) is 29.8 Å². The van der Waals surface area contributed by atoms with Gasteiger partial charge in [0.1, 0.15) is 11.9 Å². The number of hydrogen-bond donors (Lipinski definition) is 1. The lowest BCUT2D eigenvalue weighted by Crippen LogP contribution is -2.47. The van der Waals surface area contributed by atoms with Crippen molar-refractivity contribution in [2.75, 3.05) is 34.2 Å². The standard InChI is InChI=1S/C22H30N4O3S/c1-23-22(24-17-18-9-11-21(12-10-18)30(27,28)25(2)3)26-15-13-20(14-16-26)29-19-7-5-4-6-8-19/h4-12,20H,13-17H2,1-3H3,(H,23,24). The Morgan fingerprint density at radius 2 is 1.73 bits per heavy atom. The largest absolute Gasteiger partial charge is 0.490 e. The van der Waals surface area contributed by atoms with Gasteiger partial charge in [0.25, 0.3) is 0 Å². The minimum Gasteiger partial charge on any atom is -0.490 e. The molecule has 0 atom stereocenters. The van der Waals surface area contributed by atoms with Crippen molar-refractivity contribution in [2.24, 2.45) is 4.99 Å². The lowest BCUT2D eigenvalue weighted by molar-refractivity contribution is 0.129. The topological polar surface area (TPSA) is 74.2 Å². The molecule has 1 aliphatic heterocycles. The highest BCUT2D eigenvalue weighted by Crippen LogP contribution is 2.19. The van der Waals surface area contributed by atoms with Crippen molar-refractivity contribution in [3.63, 3.8) is 0 Å². The van der Waals surface area contributed by atoms with E-state index in [2.05, 4.69) is 15.2 Å². The maximum absolute atomic E-state index is 12.2. The van der Waals surface area contributed by atoms with Gasteiger partial charge in [-0.25, -0.2) is 12.7 Å². The zero-order valence-corrected chi connectivity index (χ0v) is 18.6. The molecule has 1 aliphatic rings. The molecule has 162 valence electrons. The van der Waals surface area contributed by atoms with E-state index < -0.39 is 10.0 Å². The first-order chi connectivity index (χ1) is 14.4. The summed E-state index contributed by atoms with van der Waals surface area (Å²) in [5.41, 5.74) is 0.996. The maximum Gasteiger partial charge on any atom is 0.242 e. The molecule has 0 radical (unpaired) electrons. The van der Waals surface area contributed by atoms with Gasteiger partial charge in [-0.3, -0.25) is 4.99 Å². The van der Waals surface area contributed by atoms with Crippen molar-refractivity contribution in [3.8, 4) is 5.75 Å². The van der Waals surface area contributed by atoms with Gasteiger partial charge in [0.05, 0.1) is 4.90 Å². The molecule has 2 aromatic carbocycles. The second kappa shape index (κ2) is 9.95. The first-order valence-corrected chi connectivity index (χ1v) is 11.5. The summed E-state index contributed by atoms with van der Waals surface area (Å²) < 4.78 is 31.6. The van der Waals surface area contributed by atoms with Crippen LogP contribution in [0.3, 0.4) is 0 Å². The number of nitrogens with zero attached hydrogens (tertiary/aromatic N) is 3. The number of ether oxygens (including phenoxy) is 1. The normalized spacial score (nSPS) is 16.0. The second-order valence-corrected chi connectivity index (χ2v) is 9.60. The fourth-order valence-corrected chi connectivity index (χ4v) is 4.28. The van der Waals surface area contributed by atoms with Crippen LogP contribution in [0.4, 0.5) is 0 Å². The summed E-state index contributed by atoms with van der Waals surface area (Å²) in [4.78, 5) is 6.93. The van der Waals surface area contributed by atoms with Crippen molar-refractivity contribution in [3.05, 3.63) is 60.2 Å². The van der Waals surface area contributed by atoms with E-state index in [1.165, 1.54) is 18.4 Å². The molecule has 0 aromatic heterocycles. The van der Waals surface area contributed by atoms with E-state index in [4.69, 9.17) is 4.74 Å². The van der Waals surface area contributed by atoms with Crippen LogP contribution in [0.5, 0.6) is 5.75 Å². The summed E-state index contributed by atoms with van der Waals surface area (Å²) >= 11 is 0. The Morgan fingerprint density at radius 1 is 1.10 bits per heavy atom. The summed E-state index contributed by atoms with van der Waals surface area (Å²) in [5.74, 6) is 1.76. The van der Waals surface area contributed by atoms with Gasteiger partial charge >= 0.3 is 0 Å². The van der Waals surface area contributed by atoms with E-state index in [0.29, 0.717) is 11.4 Å². The molecule has 0 bridgehead atoms. The summed E-state index contributed by atoms with van der Waals surface area (Å²) in [6.45, 7) is 2.32. The fourth-order valence-electron chi connectivity index (χ4n) is 3.38. The third-order valence-electron chi connectivity index (χ3n) is 5.15. The van der Waals surface area contributed by atoms with Crippen LogP contribution < -0.4 is 10.1 Å². The van der Waals surface area contributed by atoms with Crippen LogP contribution in [0.1, 0.15) is 18.4 Å². The predicted octanol–water partition coefficient (Wildman–Crippen LogP) is 2.56. The number of likely N-dealkylation sites (tertiary alicyclic amines) is 1. The molecule has 1 heterocycles. The fraction of sp³-hybridized carbons (Fsp3) is 0.409. The van der Waals surface area contributed by atoms with E-state index in [-0.39, 0.29) is 6.10 Å². The molecule has 8 heteroatoms. The van der Waals surface area contributed by atoms with Crippen LogP contribution in [0, 0.1) is 0 Å². The van der Waals surface area contributed by atoms with E-state index in [0.717, 1.165) is 43.2 Å². The third-order valence-corrected chi connectivity index (χ3v) is 6.98. The molecular weight excluding hydrogens is 400 g/mol. The second-order valence-electron chi connectivity index (χ2n) is 7.45. The van der Waals surface area contributed by atoms with Crippen LogP contribution in [0.25, 0.3) is 0 Å². The molecule has 0 unspecified atom stereocenters. The molecule has 0 spiro atoms. The third kappa shape index (κ3) is 5.52. The number of nitrogens with one attached hydrogen (secondary N) is 1. The molecule has 1 fully saturated rings. The van der Waals surface area contributed by atoms with Crippen molar-refractivity contribution in [2.45, 2.75) is 30.4 Å². The molecule has 1 saturated heterocycles. The van der Waals surface area contributed by atoms with Crippen LogP contribution >= 0.6 is 0 Å². The highest BCUT2D eigenvalue weighted by molar-refractivity contribution is 7.89. The van der Waals surface area contributed by atoms with Crippen molar-refractivity contribution >= 4 is 16.0 Å². The lowest BCUT2D eigenvalue weighted by atomic mass is 10.1. The van der Waals surface area contributed by atoms with E-state index in [1.807, 2.05) is 42.5 Å². The van der Waals surface area contributed by atoms with Gasteiger partial charge in [-0.15, -0.1) is 0 Å². The molecule has 0 aliphatic carbocycles. The van der Waals surface area contributed by atoms with Crippen molar-refractivity contribution in [1.29, 1.82) is 0 Å². The first kappa shape index (κ1) is 22.1. The molecular formula is C22H30N4O3S. The summed E-state index contributed by atoms with van der Waals surface area (Å²) in [7, 11) is 1.44. The quantitative estimate of drug-likeness (QED) is 0.563. The maximum atomic E-state index is 12.2. The average Bonchev–Trinajstić information content (AvgIpc) is 2.76. The Hall–Kier alpha value is -2.58. The zero-order valence-electron chi connectivity index (χ0n) is 17.8. The molecule has 7 nitrogen and oxygen atoms in total. The number of benzene rings is 2. The number of piperidine rings is 1. The zero-order chi connectivity index (χ0) is 21.6. The molecule has 1 N–H and O–H groups in total. The van der Waals surface area contributed by atoms with Gasteiger partial charge in [0, 0.05) is 53.6 Å². The minimum atomic E-state index is -3.41. The number of hydrogen-bond acceptors (Lipinski definition) is 4. The molecule has 0 saturated carbocycles. The summed E-state index contributed by atoms with van der Waals surface area (Å²) in [6, 6.07) is 16.9. The Bertz CT molecular complexity index is 936. The van der Waals surface area contributed by atoms with Gasteiger partial charge in [-0.1, -0.05) is 30.3 Å². The number of sulfonamides is 1. The Kier molecular flexibility index (Phi) is 7.33. The van der Waals surface area contributed by atoms with Crippen molar-refractivity contribution < 1.29 is 13.2 Å². The summed E-state index contributed by atoms with van der Waals surface area (Å²) in [5, 5.41) is 3.38. The average molecular weight is 431 g/mol. The summed E-state index contributed by atoms with van der Waals surface area (Å²) in [6.07, 6.45) is 2.09. The highest BCUT2D eigenvalue weighted by Gasteiger charge is 2.23. The smallest absolute Gasteiger partial charge is 0.242 e.